The highest BCUT2D eigenvalue weighted by Crippen LogP contribution is 2.39. The van der Waals surface area contributed by atoms with Gasteiger partial charge in [-0.3, -0.25) is 4.79 Å². The first-order valence-electron chi connectivity index (χ1n) is 7.25. The molecule has 4 heteroatoms. The van der Waals surface area contributed by atoms with Crippen molar-refractivity contribution < 1.29 is 19.0 Å². The standard InChI is InChI=1S/C20H18O4/c1-5-9-10-17(21)16-14-18(22-11-6-2)20(24-13-8-4)19(15-16)23-12-7-3/h2-4,9-10,14-15H,5,11-13H2,1H3/b10-9+. The maximum Gasteiger partial charge on any atom is 0.204 e. The second-order valence-corrected chi connectivity index (χ2v) is 4.45. The van der Waals surface area contributed by atoms with E-state index < -0.39 is 0 Å². The summed E-state index contributed by atoms with van der Waals surface area (Å²) >= 11 is 0. The Labute approximate surface area is 142 Å². The summed E-state index contributed by atoms with van der Waals surface area (Å²) in [6, 6.07) is 3.07. The number of benzene rings is 1. The number of allylic oxidation sites excluding steroid dienone is 2. The summed E-state index contributed by atoms with van der Waals surface area (Å²) in [5.74, 6) is 7.67. The molecule has 1 aromatic rings. The molecule has 24 heavy (non-hydrogen) atoms. The van der Waals surface area contributed by atoms with Crippen molar-refractivity contribution in [3.05, 3.63) is 29.8 Å². The van der Waals surface area contributed by atoms with Crippen molar-refractivity contribution in [1.82, 2.24) is 0 Å². The lowest BCUT2D eigenvalue weighted by Crippen LogP contribution is -2.06. The number of ketones is 1. The van der Waals surface area contributed by atoms with E-state index >= 15 is 0 Å². The average Bonchev–Trinajstić information content (AvgIpc) is 2.60. The third kappa shape index (κ3) is 5.48. The van der Waals surface area contributed by atoms with Crippen LogP contribution in [0.1, 0.15) is 23.7 Å². The first kappa shape index (κ1) is 18.8. The van der Waals surface area contributed by atoms with Crippen LogP contribution in [0.3, 0.4) is 0 Å². The van der Waals surface area contributed by atoms with E-state index in [2.05, 4.69) is 17.8 Å². The van der Waals surface area contributed by atoms with E-state index in [-0.39, 0.29) is 42.9 Å². The molecule has 0 aromatic heterocycles. The van der Waals surface area contributed by atoms with Gasteiger partial charge in [0.25, 0.3) is 0 Å². The van der Waals surface area contributed by atoms with Crippen LogP contribution in [0.4, 0.5) is 0 Å². The van der Waals surface area contributed by atoms with Gasteiger partial charge in [-0.25, -0.2) is 0 Å². The van der Waals surface area contributed by atoms with Crippen molar-refractivity contribution in [2.24, 2.45) is 0 Å². The molecule has 0 amide bonds. The molecule has 1 rings (SSSR count). The molecule has 0 heterocycles. The van der Waals surface area contributed by atoms with Gasteiger partial charge in [0.15, 0.2) is 17.3 Å². The number of hydrogen-bond donors (Lipinski definition) is 0. The Morgan fingerprint density at radius 2 is 1.50 bits per heavy atom. The SMILES string of the molecule is C#CCOc1cc(C(=O)/C=C/CC)cc(OCC#C)c1OCC#C. The highest BCUT2D eigenvalue weighted by Gasteiger charge is 2.17. The molecule has 0 aliphatic rings. The summed E-state index contributed by atoms with van der Waals surface area (Å²) in [6.07, 6.45) is 19.7. The number of rotatable bonds is 9. The van der Waals surface area contributed by atoms with E-state index in [9.17, 15) is 4.79 Å². The van der Waals surface area contributed by atoms with Crippen molar-refractivity contribution in [3.8, 4) is 54.3 Å². The summed E-state index contributed by atoms with van der Waals surface area (Å²) in [5.41, 5.74) is 0.367. The van der Waals surface area contributed by atoms with Crippen molar-refractivity contribution in [2.45, 2.75) is 13.3 Å². The number of carbonyl (C=O) groups is 1. The van der Waals surface area contributed by atoms with Gasteiger partial charge in [-0.05, 0) is 24.6 Å². The molecule has 122 valence electrons. The Balaban J connectivity index is 3.35. The monoisotopic (exact) mass is 322 g/mol. The average molecular weight is 322 g/mol. The Kier molecular flexibility index (Phi) is 8.16. The van der Waals surface area contributed by atoms with Gasteiger partial charge in [-0.2, -0.15) is 0 Å². The molecule has 0 aliphatic carbocycles. The van der Waals surface area contributed by atoms with Crippen LogP contribution in [0.25, 0.3) is 0 Å². The quantitative estimate of drug-likeness (QED) is 0.398. The summed E-state index contributed by atoms with van der Waals surface area (Å²) in [5, 5.41) is 0. The molecule has 0 radical (unpaired) electrons. The van der Waals surface area contributed by atoms with Gasteiger partial charge >= 0.3 is 0 Å². The Morgan fingerprint density at radius 1 is 1.00 bits per heavy atom. The molecule has 0 bridgehead atoms. The van der Waals surface area contributed by atoms with Gasteiger partial charge in [0.05, 0.1) is 0 Å². The summed E-state index contributed by atoms with van der Waals surface area (Å²) in [4.78, 5) is 12.2. The topological polar surface area (TPSA) is 44.8 Å². The largest absolute Gasteiger partial charge is 0.477 e. The third-order valence-corrected chi connectivity index (χ3v) is 2.73. The second kappa shape index (κ2) is 10.4. The smallest absolute Gasteiger partial charge is 0.204 e. The van der Waals surface area contributed by atoms with E-state index in [0.29, 0.717) is 5.56 Å². The molecule has 0 saturated carbocycles. The molecule has 0 saturated heterocycles. The summed E-state index contributed by atoms with van der Waals surface area (Å²) < 4.78 is 16.4. The zero-order chi connectivity index (χ0) is 17.8. The van der Waals surface area contributed by atoms with Crippen molar-refractivity contribution in [2.75, 3.05) is 19.8 Å². The normalized spacial score (nSPS) is 9.58. The molecule has 0 spiro atoms. The minimum atomic E-state index is -0.198. The van der Waals surface area contributed by atoms with Crippen LogP contribution in [0, 0.1) is 37.0 Å². The fourth-order valence-corrected chi connectivity index (χ4v) is 1.75. The third-order valence-electron chi connectivity index (χ3n) is 2.73. The van der Waals surface area contributed by atoms with E-state index in [1.807, 2.05) is 6.92 Å². The number of ether oxygens (including phenoxy) is 3. The fraction of sp³-hybridized carbons (Fsp3) is 0.250. The fourth-order valence-electron chi connectivity index (χ4n) is 1.75. The Hall–Kier alpha value is -3.29. The van der Waals surface area contributed by atoms with Crippen LogP contribution in [-0.4, -0.2) is 25.6 Å². The van der Waals surface area contributed by atoms with Gasteiger partial charge in [0, 0.05) is 5.56 Å². The maximum atomic E-state index is 12.2. The van der Waals surface area contributed by atoms with Gasteiger partial charge in [-0.1, -0.05) is 30.8 Å². The number of terminal acetylenes is 3. The highest BCUT2D eigenvalue weighted by atomic mass is 16.5. The van der Waals surface area contributed by atoms with E-state index in [1.54, 1.807) is 6.08 Å². The zero-order valence-electron chi connectivity index (χ0n) is 13.5. The summed E-state index contributed by atoms with van der Waals surface area (Å²) in [7, 11) is 0. The molecule has 0 aliphatic heterocycles. The Morgan fingerprint density at radius 3 is 1.96 bits per heavy atom. The lowest BCUT2D eigenvalue weighted by molar-refractivity contribution is 0.104. The van der Waals surface area contributed by atoms with Gasteiger partial charge < -0.3 is 14.2 Å². The lowest BCUT2D eigenvalue weighted by Gasteiger charge is -2.15. The van der Waals surface area contributed by atoms with Crippen LogP contribution in [0.15, 0.2) is 24.3 Å². The van der Waals surface area contributed by atoms with Crippen LogP contribution >= 0.6 is 0 Å². The molecular weight excluding hydrogens is 304 g/mol. The molecule has 0 fully saturated rings. The molecule has 0 N–H and O–H groups in total. The van der Waals surface area contributed by atoms with Crippen LogP contribution in [0.5, 0.6) is 17.2 Å². The van der Waals surface area contributed by atoms with Crippen LogP contribution in [-0.2, 0) is 0 Å². The Bertz CT molecular complexity index is 684. The van der Waals surface area contributed by atoms with E-state index in [4.69, 9.17) is 33.5 Å². The lowest BCUT2D eigenvalue weighted by atomic mass is 10.1. The molecule has 0 atom stereocenters. The van der Waals surface area contributed by atoms with Crippen LogP contribution in [0.2, 0.25) is 0 Å². The van der Waals surface area contributed by atoms with Crippen molar-refractivity contribution >= 4 is 5.78 Å². The highest BCUT2D eigenvalue weighted by molar-refractivity contribution is 6.05. The van der Waals surface area contributed by atoms with Gasteiger partial charge in [0.1, 0.15) is 19.8 Å². The molecule has 4 nitrogen and oxygen atoms in total. The molecular formula is C20H18O4. The van der Waals surface area contributed by atoms with Crippen LogP contribution < -0.4 is 14.2 Å². The van der Waals surface area contributed by atoms with E-state index in [0.717, 1.165) is 6.42 Å². The molecule has 1 aromatic carbocycles. The number of carbonyl (C=O) groups excluding carboxylic acids is 1. The predicted octanol–water partition coefficient (Wildman–Crippen LogP) is 2.87. The predicted molar refractivity (Wildman–Crippen MR) is 93.2 cm³/mol. The maximum absolute atomic E-state index is 12.2. The number of hydrogen-bond acceptors (Lipinski definition) is 4. The van der Waals surface area contributed by atoms with E-state index in [1.165, 1.54) is 18.2 Å². The first-order valence-corrected chi connectivity index (χ1v) is 7.25. The van der Waals surface area contributed by atoms with Gasteiger partial charge in [0.2, 0.25) is 5.75 Å². The van der Waals surface area contributed by atoms with Crippen molar-refractivity contribution in [3.63, 3.8) is 0 Å². The van der Waals surface area contributed by atoms with Crippen molar-refractivity contribution in [1.29, 1.82) is 0 Å². The first-order chi connectivity index (χ1) is 11.7. The summed E-state index contributed by atoms with van der Waals surface area (Å²) in [6.45, 7) is 1.94. The van der Waals surface area contributed by atoms with Gasteiger partial charge in [-0.15, -0.1) is 19.3 Å². The minimum Gasteiger partial charge on any atom is -0.477 e. The molecule has 0 unspecified atom stereocenters. The second-order valence-electron chi connectivity index (χ2n) is 4.45. The minimum absolute atomic E-state index is 0.00184. The zero-order valence-corrected chi connectivity index (χ0v) is 13.5.